The number of fused-ring (bicyclic) bond motifs is 2. The Labute approximate surface area is 204 Å². The van der Waals surface area contributed by atoms with Gasteiger partial charge in [0.15, 0.2) is 25.7 Å². The van der Waals surface area contributed by atoms with Gasteiger partial charge in [-0.1, -0.05) is 20.8 Å². The van der Waals surface area contributed by atoms with Crippen molar-refractivity contribution in [1.82, 2.24) is 14.6 Å². The fourth-order valence-corrected chi connectivity index (χ4v) is 5.20. The Morgan fingerprint density at radius 3 is 2.63 bits per heavy atom. The molecule has 10 nitrogen and oxygen atoms in total. The van der Waals surface area contributed by atoms with Gasteiger partial charge in [0.1, 0.15) is 36.2 Å². The van der Waals surface area contributed by atoms with E-state index in [4.69, 9.17) is 18.6 Å². The Bertz CT molecular complexity index is 1200. The smallest absolute Gasteiger partial charge is 0.222 e. The number of rotatable bonds is 5. The molecule has 190 valence electrons. The van der Waals surface area contributed by atoms with Gasteiger partial charge in [0.25, 0.3) is 0 Å². The second kappa shape index (κ2) is 8.31. The van der Waals surface area contributed by atoms with Crippen molar-refractivity contribution in [2.24, 2.45) is 0 Å². The molecule has 4 rings (SSSR count). The molecule has 0 aromatic carbocycles. The summed E-state index contributed by atoms with van der Waals surface area (Å²) >= 11 is 0. The number of hydrogen-bond acceptors (Lipinski definition) is 8. The van der Waals surface area contributed by atoms with Crippen molar-refractivity contribution in [3.8, 4) is 6.07 Å². The Balaban J connectivity index is 1.77. The number of carbonyl (C=O) groups excluding carboxylic acids is 1. The highest BCUT2D eigenvalue weighted by Gasteiger charge is 2.65. The summed E-state index contributed by atoms with van der Waals surface area (Å²) in [6, 6.07) is 3.54. The minimum atomic E-state index is -2.23. The molecule has 2 saturated heterocycles. The van der Waals surface area contributed by atoms with E-state index in [9.17, 15) is 10.1 Å². The third-order valence-electron chi connectivity index (χ3n) is 6.99. The molecule has 2 aliphatic heterocycles. The summed E-state index contributed by atoms with van der Waals surface area (Å²) in [6.07, 6.45) is -1.17. The predicted octanol–water partition coefficient (Wildman–Crippen LogP) is 3.70. The molecular formula is C23H32FN5O5Si. The monoisotopic (exact) mass is 505 g/mol. The van der Waals surface area contributed by atoms with Crippen LogP contribution in [0.5, 0.6) is 0 Å². The summed E-state index contributed by atoms with van der Waals surface area (Å²) in [5.41, 5.74) is -1.18. The van der Waals surface area contributed by atoms with Crippen LogP contribution in [0, 0.1) is 17.1 Å². The van der Waals surface area contributed by atoms with Crippen molar-refractivity contribution >= 4 is 25.6 Å². The molecule has 2 aliphatic rings. The third kappa shape index (κ3) is 4.36. The highest BCUT2D eigenvalue weighted by Crippen LogP contribution is 2.51. The van der Waals surface area contributed by atoms with E-state index >= 15 is 4.39 Å². The van der Waals surface area contributed by atoms with Gasteiger partial charge in [-0.3, -0.25) is 4.79 Å². The number of nitrogens with zero attached hydrogens (tertiary/aromatic N) is 4. The number of hydrogen-bond donors (Lipinski definition) is 1. The first kappa shape index (κ1) is 25.7. The average Bonchev–Trinajstić information content (AvgIpc) is 3.33. The van der Waals surface area contributed by atoms with E-state index in [1.165, 1.54) is 23.8 Å². The highest BCUT2D eigenvalue weighted by molar-refractivity contribution is 6.74. The minimum Gasteiger partial charge on any atom is -0.413 e. The number of aromatic nitrogens is 3. The molecule has 1 N–H and O–H groups in total. The lowest BCUT2D eigenvalue weighted by Gasteiger charge is -2.39. The molecule has 0 radical (unpaired) electrons. The van der Waals surface area contributed by atoms with E-state index in [2.05, 4.69) is 55.3 Å². The molecule has 4 atom stereocenters. The van der Waals surface area contributed by atoms with Crippen molar-refractivity contribution in [2.75, 3.05) is 11.9 Å². The fraction of sp³-hybridized carbons (Fsp3) is 0.652. The SMILES string of the molecule is CC(=O)Nc1ncnn2c([C@@H]3O[C@](C#N)(CO[Si](C)(C)C(C)(C)C)[C@H]4OC(C)(C)O[C@@H]34)cc(F)c12. The van der Waals surface area contributed by atoms with E-state index in [-0.39, 0.29) is 23.0 Å². The molecule has 12 heteroatoms. The number of halogens is 1. The Kier molecular flexibility index (Phi) is 6.09. The molecule has 2 fully saturated rings. The van der Waals surface area contributed by atoms with Crippen LogP contribution in [-0.2, 0) is 23.4 Å². The lowest BCUT2D eigenvalue weighted by atomic mass is 9.96. The maximum atomic E-state index is 15.1. The molecule has 0 saturated carbocycles. The van der Waals surface area contributed by atoms with Crippen LogP contribution < -0.4 is 5.32 Å². The minimum absolute atomic E-state index is 0.0111. The zero-order chi connectivity index (χ0) is 26.0. The highest BCUT2D eigenvalue weighted by atomic mass is 28.4. The number of ether oxygens (including phenoxy) is 3. The zero-order valence-electron chi connectivity index (χ0n) is 21.3. The molecule has 2 aromatic heterocycles. The van der Waals surface area contributed by atoms with Crippen molar-refractivity contribution in [2.45, 2.75) is 89.4 Å². The lowest BCUT2D eigenvalue weighted by molar-refractivity contribution is -0.204. The molecule has 0 spiro atoms. The summed E-state index contributed by atoms with van der Waals surface area (Å²) in [7, 11) is -2.23. The maximum absolute atomic E-state index is 15.1. The predicted molar refractivity (Wildman–Crippen MR) is 126 cm³/mol. The quantitative estimate of drug-likeness (QED) is 0.611. The summed E-state index contributed by atoms with van der Waals surface area (Å²) in [5, 5.41) is 17.0. The topological polar surface area (TPSA) is 120 Å². The van der Waals surface area contributed by atoms with Gasteiger partial charge >= 0.3 is 0 Å². The number of anilines is 1. The third-order valence-corrected chi connectivity index (χ3v) is 11.5. The first-order chi connectivity index (χ1) is 16.1. The van der Waals surface area contributed by atoms with E-state index in [1.54, 1.807) is 13.8 Å². The molecule has 2 aromatic rings. The van der Waals surface area contributed by atoms with Gasteiger partial charge in [0.2, 0.25) is 11.5 Å². The van der Waals surface area contributed by atoms with Crippen LogP contribution in [0.3, 0.4) is 0 Å². The van der Waals surface area contributed by atoms with Gasteiger partial charge in [0, 0.05) is 13.0 Å². The van der Waals surface area contributed by atoms with E-state index < -0.39 is 49.7 Å². The van der Waals surface area contributed by atoms with Crippen LogP contribution in [0.4, 0.5) is 10.2 Å². The van der Waals surface area contributed by atoms with Crippen LogP contribution >= 0.6 is 0 Å². The summed E-state index contributed by atoms with van der Waals surface area (Å²) in [6.45, 7) is 15.3. The Morgan fingerprint density at radius 1 is 1.34 bits per heavy atom. The largest absolute Gasteiger partial charge is 0.413 e. The first-order valence-electron chi connectivity index (χ1n) is 11.5. The van der Waals surface area contributed by atoms with Gasteiger partial charge < -0.3 is 24.0 Å². The van der Waals surface area contributed by atoms with Gasteiger partial charge in [0.05, 0.1) is 12.3 Å². The van der Waals surface area contributed by atoms with Crippen LogP contribution in [0.1, 0.15) is 53.3 Å². The molecule has 1 amide bonds. The summed E-state index contributed by atoms with van der Waals surface area (Å²) < 4.78 is 41.5. The molecule has 0 unspecified atom stereocenters. The van der Waals surface area contributed by atoms with E-state index in [0.29, 0.717) is 5.69 Å². The van der Waals surface area contributed by atoms with Crippen LogP contribution in [-0.4, -0.2) is 59.0 Å². The Morgan fingerprint density at radius 2 is 2.03 bits per heavy atom. The van der Waals surface area contributed by atoms with E-state index in [0.717, 1.165) is 0 Å². The second-order valence-corrected chi connectivity index (χ2v) is 15.9. The molecule has 0 bridgehead atoms. The first-order valence-corrected chi connectivity index (χ1v) is 14.4. The molecular weight excluding hydrogens is 473 g/mol. The van der Waals surface area contributed by atoms with Crippen LogP contribution in [0.2, 0.25) is 18.1 Å². The van der Waals surface area contributed by atoms with Gasteiger partial charge in [-0.15, -0.1) is 0 Å². The zero-order valence-corrected chi connectivity index (χ0v) is 22.3. The number of nitriles is 1. The van der Waals surface area contributed by atoms with Gasteiger partial charge in [-0.2, -0.15) is 10.4 Å². The van der Waals surface area contributed by atoms with Gasteiger partial charge in [-0.05, 0) is 32.0 Å². The normalized spacial score (nSPS) is 28.2. The summed E-state index contributed by atoms with van der Waals surface area (Å²) in [4.78, 5) is 15.6. The standard InChI is InChI=1S/C23H32FN5O5Si/c1-13(30)28-20-16-14(24)9-15(29(16)27-12-26-20)17-18-19(34-22(5,6)32-18)23(10-25,33-17)11-31-35(7,8)21(2,3)4/h9,12,17-19H,11H2,1-8H3,(H,26,27,28,30)/t17-,18-,19-,23+/m0/s1. The number of amides is 1. The molecule has 4 heterocycles. The molecule has 35 heavy (non-hydrogen) atoms. The van der Waals surface area contributed by atoms with Crippen molar-refractivity contribution in [1.29, 1.82) is 5.26 Å². The molecule has 0 aliphatic carbocycles. The van der Waals surface area contributed by atoms with E-state index in [1.807, 2.05) is 0 Å². The Hall–Kier alpha value is -2.43. The number of nitrogens with one attached hydrogen (secondary N) is 1. The second-order valence-electron chi connectivity index (χ2n) is 11.1. The van der Waals surface area contributed by atoms with Gasteiger partial charge in [-0.25, -0.2) is 13.9 Å². The lowest BCUT2D eigenvalue weighted by Crippen LogP contribution is -2.51. The summed E-state index contributed by atoms with van der Waals surface area (Å²) in [5.74, 6) is -2.00. The van der Waals surface area contributed by atoms with Crippen LogP contribution in [0.25, 0.3) is 5.52 Å². The van der Waals surface area contributed by atoms with Crippen molar-refractivity contribution < 1.29 is 27.8 Å². The fourth-order valence-electron chi connectivity index (χ4n) is 4.19. The maximum Gasteiger partial charge on any atom is 0.222 e. The van der Waals surface area contributed by atoms with Crippen LogP contribution in [0.15, 0.2) is 12.4 Å². The van der Waals surface area contributed by atoms with Crippen molar-refractivity contribution in [3.05, 3.63) is 23.9 Å². The van der Waals surface area contributed by atoms with Crippen molar-refractivity contribution in [3.63, 3.8) is 0 Å². The average molecular weight is 506 g/mol. The number of carbonyl (C=O) groups is 1.